The Balaban J connectivity index is 1.98. The van der Waals surface area contributed by atoms with Crippen molar-refractivity contribution < 1.29 is 18.7 Å². The normalized spacial score (nSPS) is 12.1. The molecule has 23 heavy (non-hydrogen) atoms. The maximum atomic E-state index is 13.4. The van der Waals surface area contributed by atoms with Gasteiger partial charge in [-0.3, -0.25) is 4.79 Å². The topological polar surface area (TPSA) is 43.4 Å². The van der Waals surface area contributed by atoms with Crippen LogP contribution in [0.4, 0.5) is 4.39 Å². The molecule has 0 heterocycles. The van der Waals surface area contributed by atoms with E-state index in [4.69, 9.17) is 4.74 Å². The molecule has 2 aromatic rings. The molecule has 0 radical (unpaired) electrons. The molecule has 0 saturated carbocycles. The van der Waals surface area contributed by atoms with E-state index in [-0.39, 0.29) is 11.3 Å². The van der Waals surface area contributed by atoms with Gasteiger partial charge in [-0.25, -0.2) is 9.18 Å². The van der Waals surface area contributed by atoms with Gasteiger partial charge < -0.3 is 4.74 Å². The van der Waals surface area contributed by atoms with Gasteiger partial charge in [0.25, 0.3) is 0 Å². The average molecular weight is 312 g/mol. The molecule has 0 aliphatic rings. The Bertz CT molecular complexity index is 733. The summed E-state index contributed by atoms with van der Waals surface area (Å²) in [6.07, 6.45) is 1.52. The summed E-state index contributed by atoms with van der Waals surface area (Å²) in [6.45, 7) is 3.43. The molecule has 1 atom stereocenters. The number of esters is 1. The van der Waals surface area contributed by atoms with Crippen LogP contribution in [0.15, 0.2) is 54.6 Å². The van der Waals surface area contributed by atoms with Crippen molar-refractivity contribution in [2.75, 3.05) is 0 Å². The van der Waals surface area contributed by atoms with Gasteiger partial charge in [0.05, 0.1) is 0 Å². The lowest BCUT2D eigenvalue weighted by atomic mass is 10.1. The summed E-state index contributed by atoms with van der Waals surface area (Å²) in [5, 5.41) is 0. The smallest absolute Gasteiger partial charge is 0.331 e. The number of rotatable bonds is 5. The summed E-state index contributed by atoms with van der Waals surface area (Å²) in [7, 11) is 0. The summed E-state index contributed by atoms with van der Waals surface area (Å²) >= 11 is 0. The minimum atomic E-state index is -0.907. The molecule has 2 rings (SSSR count). The van der Waals surface area contributed by atoms with E-state index in [2.05, 4.69) is 0 Å². The van der Waals surface area contributed by atoms with Crippen molar-refractivity contribution >= 4 is 17.8 Å². The highest BCUT2D eigenvalue weighted by Crippen LogP contribution is 2.10. The Kier molecular flexibility index (Phi) is 5.41. The second-order valence-corrected chi connectivity index (χ2v) is 5.16. The molecular weight excluding hydrogens is 295 g/mol. The molecule has 0 amide bonds. The first-order chi connectivity index (χ1) is 11.0. The number of hydrogen-bond acceptors (Lipinski definition) is 3. The first-order valence-corrected chi connectivity index (χ1v) is 7.21. The van der Waals surface area contributed by atoms with Gasteiger partial charge in [0, 0.05) is 17.2 Å². The number of Topliss-reactive ketones (excluding diaryl/α,β-unsaturated/α-hetero) is 1. The van der Waals surface area contributed by atoms with E-state index in [1.54, 1.807) is 30.3 Å². The highest BCUT2D eigenvalue weighted by molar-refractivity contribution is 6.01. The molecule has 0 N–H and O–H groups in total. The van der Waals surface area contributed by atoms with Crippen LogP contribution in [-0.4, -0.2) is 17.9 Å². The fourth-order valence-electron chi connectivity index (χ4n) is 1.99. The van der Waals surface area contributed by atoms with Gasteiger partial charge in [0.1, 0.15) is 5.82 Å². The molecule has 0 aliphatic heterocycles. The fourth-order valence-corrected chi connectivity index (χ4v) is 1.99. The van der Waals surface area contributed by atoms with Crippen molar-refractivity contribution in [3.8, 4) is 0 Å². The monoisotopic (exact) mass is 312 g/mol. The van der Waals surface area contributed by atoms with E-state index >= 15 is 0 Å². The standard InChI is InChI=1S/C19H17FO3/c1-13-7-9-16(10-8-13)19(22)14(2)23-18(21)12-11-15-5-3-4-6-17(15)20/h3-12,14H,1-2H3/b12-11+/t14-/m1/s1. The Morgan fingerprint density at radius 2 is 1.74 bits per heavy atom. The van der Waals surface area contributed by atoms with Gasteiger partial charge in [-0.2, -0.15) is 0 Å². The van der Waals surface area contributed by atoms with Crippen molar-refractivity contribution in [3.63, 3.8) is 0 Å². The third-order valence-corrected chi connectivity index (χ3v) is 3.30. The Morgan fingerprint density at radius 1 is 1.09 bits per heavy atom. The average Bonchev–Trinajstić information content (AvgIpc) is 2.54. The highest BCUT2D eigenvalue weighted by Gasteiger charge is 2.18. The van der Waals surface area contributed by atoms with E-state index in [1.165, 1.54) is 19.1 Å². The van der Waals surface area contributed by atoms with Gasteiger partial charge in [-0.15, -0.1) is 0 Å². The van der Waals surface area contributed by atoms with Gasteiger partial charge in [0.2, 0.25) is 5.78 Å². The van der Waals surface area contributed by atoms with Crippen molar-refractivity contribution in [2.24, 2.45) is 0 Å². The number of hydrogen-bond donors (Lipinski definition) is 0. The highest BCUT2D eigenvalue weighted by atomic mass is 19.1. The molecule has 0 fully saturated rings. The largest absolute Gasteiger partial charge is 0.451 e. The number of aryl methyl sites for hydroxylation is 1. The van der Waals surface area contributed by atoms with E-state index in [1.807, 2.05) is 19.1 Å². The first-order valence-electron chi connectivity index (χ1n) is 7.21. The van der Waals surface area contributed by atoms with Gasteiger partial charge in [-0.05, 0) is 26.0 Å². The number of ether oxygens (including phenoxy) is 1. The Labute approximate surface area is 134 Å². The van der Waals surface area contributed by atoms with E-state index in [0.29, 0.717) is 5.56 Å². The van der Waals surface area contributed by atoms with Gasteiger partial charge in [-0.1, -0.05) is 48.0 Å². The Hall–Kier alpha value is -2.75. The predicted molar refractivity (Wildman–Crippen MR) is 86.5 cm³/mol. The zero-order chi connectivity index (χ0) is 16.8. The third-order valence-electron chi connectivity index (χ3n) is 3.30. The van der Waals surface area contributed by atoms with Crippen LogP contribution < -0.4 is 0 Å². The molecule has 0 saturated heterocycles. The number of benzene rings is 2. The SMILES string of the molecule is Cc1ccc(C(=O)[C@@H](C)OC(=O)/C=C/c2ccccc2F)cc1. The van der Waals surface area contributed by atoms with Crippen molar-refractivity contribution in [3.05, 3.63) is 77.1 Å². The van der Waals surface area contributed by atoms with Crippen molar-refractivity contribution in [2.45, 2.75) is 20.0 Å². The Morgan fingerprint density at radius 3 is 2.39 bits per heavy atom. The van der Waals surface area contributed by atoms with Gasteiger partial charge in [0.15, 0.2) is 6.10 Å². The summed E-state index contributed by atoms with van der Waals surface area (Å²) in [4.78, 5) is 23.9. The molecule has 2 aromatic carbocycles. The molecule has 0 aliphatic carbocycles. The van der Waals surface area contributed by atoms with Crippen LogP contribution in [0, 0.1) is 12.7 Å². The van der Waals surface area contributed by atoms with Crippen LogP contribution in [0.5, 0.6) is 0 Å². The minimum absolute atomic E-state index is 0.280. The molecule has 4 heteroatoms. The number of ketones is 1. The molecule has 0 unspecified atom stereocenters. The predicted octanol–water partition coefficient (Wildman–Crippen LogP) is 3.96. The van der Waals surface area contributed by atoms with Crippen LogP contribution in [0.3, 0.4) is 0 Å². The lowest BCUT2D eigenvalue weighted by Gasteiger charge is -2.11. The van der Waals surface area contributed by atoms with Crippen molar-refractivity contribution in [1.82, 2.24) is 0 Å². The van der Waals surface area contributed by atoms with Crippen LogP contribution in [0.1, 0.15) is 28.4 Å². The quantitative estimate of drug-likeness (QED) is 0.477. The van der Waals surface area contributed by atoms with E-state index < -0.39 is 17.9 Å². The maximum absolute atomic E-state index is 13.4. The molecule has 0 aromatic heterocycles. The van der Waals surface area contributed by atoms with Crippen molar-refractivity contribution in [1.29, 1.82) is 0 Å². The molecule has 3 nitrogen and oxygen atoms in total. The summed E-state index contributed by atoms with van der Waals surface area (Å²) in [6, 6.07) is 13.1. The zero-order valence-corrected chi connectivity index (χ0v) is 13.0. The number of halogens is 1. The molecular formula is C19H17FO3. The molecule has 118 valence electrons. The van der Waals surface area contributed by atoms with E-state index in [0.717, 1.165) is 11.6 Å². The number of carbonyl (C=O) groups is 2. The van der Waals surface area contributed by atoms with Crippen LogP contribution >= 0.6 is 0 Å². The summed E-state index contributed by atoms with van der Waals surface area (Å²) in [5.74, 6) is -1.40. The summed E-state index contributed by atoms with van der Waals surface area (Å²) < 4.78 is 18.5. The number of carbonyl (C=O) groups excluding carboxylic acids is 2. The summed E-state index contributed by atoms with van der Waals surface area (Å²) in [5.41, 5.74) is 1.80. The molecule has 0 bridgehead atoms. The lowest BCUT2D eigenvalue weighted by molar-refractivity contribution is -0.140. The van der Waals surface area contributed by atoms with Crippen LogP contribution in [-0.2, 0) is 9.53 Å². The second kappa shape index (κ2) is 7.49. The molecule has 0 spiro atoms. The first kappa shape index (κ1) is 16.6. The van der Waals surface area contributed by atoms with Gasteiger partial charge >= 0.3 is 5.97 Å². The maximum Gasteiger partial charge on any atom is 0.331 e. The van der Waals surface area contributed by atoms with E-state index in [9.17, 15) is 14.0 Å². The van der Waals surface area contributed by atoms with Crippen LogP contribution in [0.2, 0.25) is 0 Å². The third kappa shape index (κ3) is 4.61. The lowest BCUT2D eigenvalue weighted by Crippen LogP contribution is -2.23. The minimum Gasteiger partial charge on any atom is -0.451 e. The second-order valence-electron chi connectivity index (χ2n) is 5.16. The zero-order valence-electron chi connectivity index (χ0n) is 13.0. The fraction of sp³-hybridized carbons (Fsp3) is 0.158. The van der Waals surface area contributed by atoms with Crippen LogP contribution in [0.25, 0.3) is 6.08 Å².